The zero-order valence-electron chi connectivity index (χ0n) is 9.57. The van der Waals surface area contributed by atoms with Crippen molar-refractivity contribution in [2.45, 2.75) is 11.5 Å². The molecule has 0 saturated heterocycles. The van der Waals surface area contributed by atoms with Crippen LogP contribution in [0.25, 0.3) is 0 Å². The van der Waals surface area contributed by atoms with Gasteiger partial charge in [0.25, 0.3) is 0 Å². The Labute approximate surface area is 134 Å². The second-order valence-electron chi connectivity index (χ2n) is 3.54. The lowest BCUT2D eigenvalue weighted by molar-refractivity contribution is -0.175. The van der Waals surface area contributed by atoms with Crippen LogP contribution in [0.4, 0.5) is 13.2 Å². The maximum absolute atomic E-state index is 11.8. The van der Waals surface area contributed by atoms with Crippen molar-refractivity contribution < 1.29 is 22.6 Å². The van der Waals surface area contributed by atoms with Crippen LogP contribution in [0.5, 0.6) is 5.75 Å². The van der Waals surface area contributed by atoms with Crippen LogP contribution in [0, 0.1) is 0 Å². The van der Waals surface area contributed by atoms with E-state index >= 15 is 0 Å². The lowest BCUT2D eigenvalue weighted by Crippen LogP contribution is -2.19. The highest BCUT2D eigenvalue weighted by Crippen LogP contribution is 2.35. The Morgan fingerprint density at radius 2 is 1.63 bits per heavy atom. The molecule has 0 aliphatic rings. The molecule has 0 atom stereocenters. The molecule has 0 fully saturated rings. The van der Waals surface area contributed by atoms with Crippen LogP contribution in [0.2, 0.25) is 0 Å². The average Bonchev–Trinajstić information content (AvgIpc) is 2.30. The highest BCUT2D eigenvalue weighted by Gasteiger charge is 2.27. The molecule has 0 amide bonds. The van der Waals surface area contributed by atoms with Gasteiger partial charge in [0.2, 0.25) is 0 Å². The molecule has 1 aromatic carbocycles. The SMILES string of the molecule is FC(F)(F)COCCOc1c(Br)cc(CBr)cc1Br. The smallest absolute Gasteiger partial charge is 0.411 e. The van der Waals surface area contributed by atoms with Crippen molar-refractivity contribution in [3.05, 3.63) is 26.6 Å². The minimum Gasteiger partial charge on any atom is -0.489 e. The van der Waals surface area contributed by atoms with Gasteiger partial charge in [0.15, 0.2) is 0 Å². The lowest BCUT2D eigenvalue weighted by Gasteiger charge is -2.12. The van der Waals surface area contributed by atoms with Gasteiger partial charge in [-0.25, -0.2) is 0 Å². The third kappa shape index (κ3) is 6.46. The first-order valence-corrected chi connectivity index (χ1v) is 7.85. The van der Waals surface area contributed by atoms with Crippen LogP contribution in [0.3, 0.4) is 0 Å². The van der Waals surface area contributed by atoms with Gasteiger partial charge in [-0.2, -0.15) is 13.2 Å². The van der Waals surface area contributed by atoms with E-state index in [9.17, 15) is 13.2 Å². The number of alkyl halides is 4. The predicted molar refractivity (Wildman–Crippen MR) is 76.8 cm³/mol. The Balaban J connectivity index is 2.46. The molecule has 0 aliphatic carbocycles. The summed E-state index contributed by atoms with van der Waals surface area (Å²) in [5, 5.41) is 0.694. The Morgan fingerprint density at radius 3 is 2.11 bits per heavy atom. The van der Waals surface area contributed by atoms with Crippen molar-refractivity contribution in [3.63, 3.8) is 0 Å². The maximum Gasteiger partial charge on any atom is 0.411 e. The van der Waals surface area contributed by atoms with E-state index in [1.54, 1.807) is 0 Å². The van der Waals surface area contributed by atoms with E-state index < -0.39 is 12.8 Å². The van der Waals surface area contributed by atoms with Crippen LogP contribution in [0.1, 0.15) is 5.56 Å². The second kappa shape index (κ2) is 7.85. The van der Waals surface area contributed by atoms with E-state index in [2.05, 4.69) is 52.5 Å². The van der Waals surface area contributed by atoms with Crippen molar-refractivity contribution >= 4 is 47.8 Å². The number of halogens is 6. The molecule has 0 saturated carbocycles. The van der Waals surface area contributed by atoms with Crippen molar-refractivity contribution in [3.8, 4) is 5.75 Å². The number of hydrogen-bond acceptors (Lipinski definition) is 2. The first kappa shape index (κ1) is 17.3. The van der Waals surface area contributed by atoms with Crippen LogP contribution < -0.4 is 4.74 Å². The van der Waals surface area contributed by atoms with E-state index in [1.807, 2.05) is 12.1 Å². The first-order chi connectivity index (χ1) is 8.83. The molecule has 0 unspecified atom stereocenters. The molecule has 0 spiro atoms. The molecule has 1 rings (SSSR count). The molecule has 8 heteroatoms. The zero-order chi connectivity index (χ0) is 14.5. The standard InChI is InChI=1S/C11H10Br3F3O2/c12-5-7-3-8(13)10(9(14)4-7)19-2-1-18-6-11(15,16)17/h3-4H,1-2,5-6H2. The molecule has 2 nitrogen and oxygen atoms in total. The fourth-order valence-electron chi connectivity index (χ4n) is 1.22. The monoisotopic (exact) mass is 468 g/mol. The van der Waals surface area contributed by atoms with E-state index in [-0.39, 0.29) is 13.2 Å². The highest BCUT2D eigenvalue weighted by atomic mass is 79.9. The minimum absolute atomic E-state index is 0.0426. The molecule has 1 aromatic rings. The van der Waals surface area contributed by atoms with Crippen molar-refractivity contribution in [1.29, 1.82) is 0 Å². The molecule has 19 heavy (non-hydrogen) atoms. The van der Waals surface area contributed by atoms with E-state index in [1.165, 1.54) is 0 Å². The summed E-state index contributed by atoms with van der Waals surface area (Å²) in [5.74, 6) is 0.542. The highest BCUT2D eigenvalue weighted by molar-refractivity contribution is 9.11. The minimum atomic E-state index is -4.31. The Kier molecular flexibility index (Phi) is 7.13. The van der Waals surface area contributed by atoms with Gasteiger partial charge >= 0.3 is 6.18 Å². The van der Waals surface area contributed by atoms with Crippen molar-refractivity contribution in [1.82, 2.24) is 0 Å². The average molecular weight is 471 g/mol. The zero-order valence-corrected chi connectivity index (χ0v) is 14.3. The molecule has 0 bridgehead atoms. The van der Waals surface area contributed by atoms with Crippen molar-refractivity contribution in [2.24, 2.45) is 0 Å². The third-order valence-electron chi connectivity index (χ3n) is 1.95. The first-order valence-electron chi connectivity index (χ1n) is 5.14. The summed E-state index contributed by atoms with van der Waals surface area (Å²) in [6.45, 7) is -1.35. The Hall–Kier alpha value is 0.210. The quantitative estimate of drug-likeness (QED) is 0.427. The summed E-state index contributed by atoms with van der Waals surface area (Å²) in [5.41, 5.74) is 1.04. The van der Waals surface area contributed by atoms with E-state index in [4.69, 9.17) is 4.74 Å². The van der Waals surface area contributed by atoms with Crippen LogP contribution in [0.15, 0.2) is 21.1 Å². The van der Waals surface area contributed by atoms with Gasteiger partial charge < -0.3 is 9.47 Å². The van der Waals surface area contributed by atoms with Crippen LogP contribution in [-0.2, 0) is 10.1 Å². The number of rotatable bonds is 6. The normalized spacial score (nSPS) is 11.7. The van der Waals surface area contributed by atoms with E-state index in [0.29, 0.717) is 11.1 Å². The summed E-state index contributed by atoms with van der Waals surface area (Å²) in [6, 6.07) is 3.73. The topological polar surface area (TPSA) is 18.5 Å². The largest absolute Gasteiger partial charge is 0.489 e. The third-order valence-corrected chi connectivity index (χ3v) is 3.78. The van der Waals surface area contributed by atoms with Gasteiger partial charge in [0, 0.05) is 5.33 Å². The fourth-order valence-corrected chi connectivity index (χ4v) is 3.05. The number of benzene rings is 1. The summed E-state index contributed by atoms with van der Waals surface area (Å²) < 4.78 is 46.8. The number of hydrogen-bond donors (Lipinski definition) is 0. The summed E-state index contributed by atoms with van der Waals surface area (Å²) in [7, 11) is 0. The number of ether oxygens (including phenoxy) is 2. The molecule has 0 N–H and O–H groups in total. The van der Waals surface area contributed by atoms with E-state index in [0.717, 1.165) is 14.5 Å². The molecule has 0 aliphatic heterocycles. The van der Waals surface area contributed by atoms with Crippen molar-refractivity contribution in [2.75, 3.05) is 19.8 Å². The van der Waals surface area contributed by atoms with Gasteiger partial charge in [0.1, 0.15) is 19.0 Å². The van der Waals surface area contributed by atoms with Gasteiger partial charge in [-0.1, -0.05) is 15.9 Å². The predicted octanol–water partition coefficient (Wildman–Crippen LogP) is 5.06. The molecule has 0 radical (unpaired) electrons. The summed E-state index contributed by atoms with van der Waals surface area (Å²) in [4.78, 5) is 0. The summed E-state index contributed by atoms with van der Waals surface area (Å²) in [6.07, 6.45) is -4.31. The van der Waals surface area contributed by atoms with Gasteiger partial charge in [-0.15, -0.1) is 0 Å². The molecule has 108 valence electrons. The Morgan fingerprint density at radius 1 is 1.05 bits per heavy atom. The van der Waals surface area contributed by atoms with Gasteiger partial charge in [-0.3, -0.25) is 0 Å². The van der Waals surface area contributed by atoms with Crippen LogP contribution in [-0.4, -0.2) is 26.0 Å². The Bertz CT molecular complexity index is 401. The molecular weight excluding hydrogens is 461 g/mol. The van der Waals surface area contributed by atoms with Crippen LogP contribution >= 0.6 is 47.8 Å². The molecular formula is C11H10Br3F3O2. The molecule has 0 aromatic heterocycles. The molecule has 0 heterocycles. The maximum atomic E-state index is 11.8. The van der Waals surface area contributed by atoms with Gasteiger partial charge in [-0.05, 0) is 49.6 Å². The second-order valence-corrected chi connectivity index (χ2v) is 5.81. The van der Waals surface area contributed by atoms with Gasteiger partial charge in [0.05, 0.1) is 15.6 Å². The summed E-state index contributed by atoms with van der Waals surface area (Å²) >= 11 is 10.0. The lowest BCUT2D eigenvalue weighted by atomic mass is 10.2. The fraction of sp³-hybridized carbons (Fsp3) is 0.455.